The minimum atomic E-state index is -0.893. The smallest absolute Gasteiger partial charge is 0.407 e. The maximum atomic E-state index is 13.0. The van der Waals surface area contributed by atoms with Gasteiger partial charge in [0.1, 0.15) is 5.60 Å². The molecule has 0 aliphatic heterocycles. The number of ether oxygens (including phenoxy) is 3. The molecule has 1 unspecified atom stereocenters. The van der Waals surface area contributed by atoms with E-state index in [1.54, 1.807) is 6.92 Å². The number of aliphatic hydroxyl groups excluding tert-OH is 1. The molecule has 2 rings (SSSR count). The summed E-state index contributed by atoms with van der Waals surface area (Å²) in [5, 5.41) is 12.6. The maximum Gasteiger partial charge on any atom is 0.407 e. The van der Waals surface area contributed by atoms with E-state index in [1.807, 2.05) is 76.2 Å². The lowest BCUT2D eigenvalue weighted by atomic mass is 9.79. The molecule has 2 atom stereocenters. The van der Waals surface area contributed by atoms with Gasteiger partial charge in [0, 0.05) is 30.9 Å². The zero-order valence-electron chi connectivity index (χ0n) is 23.2. The third kappa shape index (κ3) is 11.0. The van der Waals surface area contributed by atoms with E-state index in [-0.39, 0.29) is 19.2 Å². The zero-order valence-corrected chi connectivity index (χ0v) is 24.0. The molecule has 0 aliphatic rings. The molecule has 0 radical (unpaired) electrons. The Morgan fingerprint density at radius 1 is 1.03 bits per heavy atom. The average Bonchev–Trinajstić information content (AvgIpc) is 2.83. The van der Waals surface area contributed by atoms with Gasteiger partial charge < -0.3 is 24.6 Å². The second-order valence-electron chi connectivity index (χ2n) is 10.7. The molecule has 2 N–H and O–H groups in total. The largest absolute Gasteiger partial charge is 0.466 e. The molecule has 7 nitrogen and oxygen atoms in total. The normalized spacial score (nSPS) is 13.9. The summed E-state index contributed by atoms with van der Waals surface area (Å²) in [6.45, 7) is 10.1. The van der Waals surface area contributed by atoms with Crippen molar-refractivity contribution in [1.82, 2.24) is 5.32 Å². The van der Waals surface area contributed by atoms with E-state index in [2.05, 4.69) is 5.32 Å². The van der Waals surface area contributed by atoms with E-state index in [1.165, 1.54) is 0 Å². The summed E-state index contributed by atoms with van der Waals surface area (Å²) >= 11 is 6.15. The molecule has 0 aromatic heterocycles. The second kappa shape index (κ2) is 15.1. The number of rotatable bonds is 14. The van der Waals surface area contributed by atoms with Crippen LogP contribution in [0.4, 0.5) is 4.79 Å². The van der Waals surface area contributed by atoms with Crippen LogP contribution >= 0.6 is 11.6 Å². The van der Waals surface area contributed by atoms with Gasteiger partial charge in [0.05, 0.1) is 12.0 Å². The van der Waals surface area contributed by atoms with Gasteiger partial charge in [-0.1, -0.05) is 48.0 Å². The molecule has 0 saturated carbocycles. The first-order valence-corrected chi connectivity index (χ1v) is 13.5. The van der Waals surface area contributed by atoms with E-state index < -0.39 is 23.2 Å². The van der Waals surface area contributed by atoms with Crippen molar-refractivity contribution < 1.29 is 28.9 Å². The number of esters is 1. The van der Waals surface area contributed by atoms with Gasteiger partial charge in [0.15, 0.2) is 0 Å². The molecule has 0 fully saturated rings. The van der Waals surface area contributed by atoms with Crippen LogP contribution in [0.25, 0.3) is 11.1 Å². The number of alkyl carbamates (subject to hydrolysis) is 1. The maximum absolute atomic E-state index is 13.0. The molecule has 0 saturated heterocycles. The molecule has 8 heteroatoms. The third-order valence-corrected chi connectivity index (χ3v) is 6.26. The van der Waals surface area contributed by atoms with Gasteiger partial charge in [0.25, 0.3) is 0 Å². The van der Waals surface area contributed by atoms with Gasteiger partial charge in [-0.2, -0.15) is 0 Å². The highest BCUT2D eigenvalue weighted by molar-refractivity contribution is 6.30. The Bertz CT molecular complexity index is 1020. The van der Waals surface area contributed by atoms with Gasteiger partial charge >= 0.3 is 12.1 Å². The lowest BCUT2D eigenvalue weighted by Gasteiger charge is -2.32. The second-order valence-corrected chi connectivity index (χ2v) is 11.1. The highest BCUT2D eigenvalue weighted by atomic mass is 35.5. The summed E-state index contributed by atoms with van der Waals surface area (Å²) in [6.07, 6.45) is 1.24. The summed E-state index contributed by atoms with van der Waals surface area (Å²) in [5.74, 6) is -0.335. The van der Waals surface area contributed by atoms with E-state index >= 15 is 0 Å². The van der Waals surface area contributed by atoms with Crippen LogP contribution in [0.1, 0.15) is 59.4 Å². The highest BCUT2D eigenvalue weighted by Crippen LogP contribution is 2.31. The van der Waals surface area contributed by atoms with Crippen LogP contribution in [0, 0.1) is 5.41 Å². The first kappa shape index (κ1) is 31.6. The predicted octanol–water partition coefficient (Wildman–Crippen LogP) is 6.19. The van der Waals surface area contributed by atoms with Crippen molar-refractivity contribution in [3.63, 3.8) is 0 Å². The molecular formula is C30H42ClNO6. The van der Waals surface area contributed by atoms with Crippen molar-refractivity contribution in [2.45, 2.75) is 71.9 Å². The lowest BCUT2D eigenvalue weighted by Crippen LogP contribution is -2.45. The highest BCUT2D eigenvalue weighted by Gasteiger charge is 2.38. The third-order valence-electron chi connectivity index (χ3n) is 6.02. The van der Waals surface area contributed by atoms with Crippen LogP contribution < -0.4 is 5.32 Å². The molecule has 210 valence electrons. The summed E-state index contributed by atoms with van der Waals surface area (Å²) in [6, 6.07) is 15.3. The number of nitrogens with one attached hydrogen (secondary N) is 1. The minimum absolute atomic E-state index is 0.0487. The van der Waals surface area contributed by atoms with Crippen LogP contribution in [0.2, 0.25) is 5.02 Å². The number of benzene rings is 2. The SMILES string of the molecule is CCOC(=O)C(C)(CCOCCCO)C[C@@H](Cc1ccc(-c2cccc(Cl)c2)cc1)NC(=O)OC(C)(C)C. The van der Waals surface area contributed by atoms with Crippen molar-refractivity contribution in [3.05, 3.63) is 59.1 Å². The fourth-order valence-electron chi connectivity index (χ4n) is 4.14. The molecule has 2 aromatic carbocycles. The van der Waals surface area contributed by atoms with E-state index in [0.29, 0.717) is 43.9 Å². The van der Waals surface area contributed by atoms with E-state index in [9.17, 15) is 9.59 Å². The van der Waals surface area contributed by atoms with E-state index in [4.69, 9.17) is 30.9 Å². The number of aliphatic hydroxyl groups is 1. The van der Waals surface area contributed by atoms with Gasteiger partial charge in [0.2, 0.25) is 0 Å². The summed E-state index contributed by atoms with van der Waals surface area (Å²) in [4.78, 5) is 25.8. The number of amides is 1. The average molecular weight is 548 g/mol. The number of halogens is 1. The summed E-state index contributed by atoms with van der Waals surface area (Å²) in [7, 11) is 0. The van der Waals surface area contributed by atoms with Crippen LogP contribution in [0.15, 0.2) is 48.5 Å². The fraction of sp³-hybridized carbons (Fsp3) is 0.533. The summed E-state index contributed by atoms with van der Waals surface area (Å²) in [5.41, 5.74) is 1.50. The van der Waals surface area contributed by atoms with E-state index in [0.717, 1.165) is 16.7 Å². The van der Waals surface area contributed by atoms with Crippen LogP contribution in [-0.2, 0) is 25.4 Å². The summed E-state index contributed by atoms with van der Waals surface area (Å²) < 4.78 is 16.5. The molecule has 1 amide bonds. The van der Waals surface area contributed by atoms with Crippen molar-refractivity contribution in [2.75, 3.05) is 26.4 Å². The molecular weight excluding hydrogens is 506 g/mol. The number of hydrogen-bond acceptors (Lipinski definition) is 6. The van der Waals surface area contributed by atoms with Gasteiger partial charge in [-0.05, 0) is 89.1 Å². The standard InChI is InChI=1S/C30H42ClNO6/c1-6-37-27(34)30(5,15-18-36-17-8-16-33)21-26(32-28(35)38-29(2,3)4)19-22-11-13-23(14-12-22)24-9-7-10-25(31)20-24/h7,9-14,20,26,33H,6,8,15-19,21H2,1-5H3,(H,32,35)/t26-,30?/m1/s1. The molecule has 0 aliphatic carbocycles. The van der Waals surface area contributed by atoms with Crippen LogP contribution in [0.3, 0.4) is 0 Å². The molecule has 0 spiro atoms. The molecule has 0 bridgehead atoms. The van der Waals surface area contributed by atoms with Crippen molar-refractivity contribution in [2.24, 2.45) is 5.41 Å². The Morgan fingerprint density at radius 3 is 2.34 bits per heavy atom. The Kier molecular flexibility index (Phi) is 12.6. The lowest BCUT2D eigenvalue weighted by molar-refractivity contribution is -0.156. The Hall–Kier alpha value is -2.61. The topological polar surface area (TPSA) is 94.1 Å². The van der Waals surface area contributed by atoms with Crippen molar-refractivity contribution in [3.8, 4) is 11.1 Å². The predicted molar refractivity (Wildman–Crippen MR) is 150 cm³/mol. The zero-order chi connectivity index (χ0) is 28.2. The van der Waals surface area contributed by atoms with Crippen molar-refractivity contribution >= 4 is 23.7 Å². The van der Waals surface area contributed by atoms with Gasteiger partial charge in [-0.25, -0.2) is 4.79 Å². The Morgan fingerprint density at radius 2 is 1.74 bits per heavy atom. The van der Waals surface area contributed by atoms with Crippen molar-refractivity contribution in [1.29, 1.82) is 0 Å². The van der Waals surface area contributed by atoms with Crippen LogP contribution in [-0.4, -0.2) is 55.2 Å². The number of carbonyl (C=O) groups excluding carboxylic acids is 2. The Labute approximate surface area is 231 Å². The number of carbonyl (C=O) groups is 2. The van der Waals surface area contributed by atoms with Gasteiger partial charge in [-0.3, -0.25) is 4.79 Å². The number of hydrogen-bond donors (Lipinski definition) is 2. The van der Waals surface area contributed by atoms with Gasteiger partial charge in [-0.15, -0.1) is 0 Å². The first-order chi connectivity index (χ1) is 18.0. The quantitative estimate of drug-likeness (QED) is 0.216. The Balaban J connectivity index is 2.24. The first-order valence-electron chi connectivity index (χ1n) is 13.2. The fourth-order valence-corrected chi connectivity index (χ4v) is 4.33. The monoisotopic (exact) mass is 547 g/mol. The molecule has 0 heterocycles. The molecule has 38 heavy (non-hydrogen) atoms. The van der Waals surface area contributed by atoms with Crippen LogP contribution in [0.5, 0.6) is 0 Å². The minimum Gasteiger partial charge on any atom is -0.466 e. The molecule has 2 aromatic rings.